The van der Waals surface area contributed by atoms with Crippen molar-refractivity contribution in [3.63, 3.8) is 0 Å². The molecule has 0 aromatic rings. The van der Waals surface area contributed by atoms with Crippen LogP contribution in [0.4, 0.5) is 0 Å². The predicted octanol–water partition coefficient (Wildman–Crippen LogP) is 1.96. The van der Waals surface area contributed by atoms with E-state index in [1.807, 2.05) is 0 Å². The molecule has 2 rings (SSSR count). The molecule has 1 atom stereocenters. The Morgan fingerprint density at radius 1 is 1.11 bits per heavy atom. The van der Waals surface area contributed by atoms with E-state index < -0.39 is 0 Å². The fourth-order valence-corrected chi connectivity index (χ4v) is 3.40. The molecule has 2 fully saturated rings. The fraction of sp³-hybridized carbons (Fsp3) is 1.00. The number of hydrogen-bond donors (Lipinski definition) is 1. The van der Waals surface area contributed by atoms with Gasteiger partial charge in [-0.25, -0.2) is 0 Å². The number of aliphatic hydroxyl groups is 1. The van der Waals surface area contributed by atoms with Gasteiger partial charge in [0.25, 0.3) is 0 Å². The summed E-state index contributed by atoms with van der Waals surface area (Å²) in [6, 6.07) is 0. The zero-order valence-corrected chi connectivity index (χ0v) is 12.0. The molecule has 3 nitrogen and oxygen atoms in total. The van der Waals surface area contributed by atoms with Gasteiger partial charge in [0.15, 0.2) is 0 Å². The first kappa shape index (κ1) is 14.3. The molecule has 0 bridgehead atoms. The molecule has 0 aromatic heterocycles. The standard InChI is InChI=1S/C15H30N2O/c1-16(11-12-17-9-5-6-10-17)13-15(18)14-7-3-2-4-8-14/h14-15,18H,2-13H2,1H3. The third-order valence-electron chi connectivity index (χ3n) is 4.69. The van der Waals surface area contributed by atoms with Crippen LogP contribution in [0.2, 0.25) is 0 Å². The van der Waals surface area contributed by atoms with Gasteiger partial charge in [-0.2, -0.15) is 0 Å². The van der Waals surface area contributed by atoms with Gasteiger partial charge in [-0.1, -0.05) is 19.3 Å². The highest BCUT2D eigenvalue weighted by atomic mass is 16.3. The first-order chi connectivity index (χ1) is 8.75. The Bertz CT molecular complexity index is 223. The summed E-state index contributed by atoms with van der Waals surface area (Å²) in [6.45, 7) is 5.69. The van der Waals surface area contributed by atoms with Crippen molar-refractivity contribution in [2.24, 2.45) is 5.92 Å². The molecule has 3 heteroatoms. The Morgan fingerprint density at radius 2 is 1.78 bits per heavy atom. The van der Waals surface area contributed by atoms with Gasteiger partial charge in [-0.3, -0.25) is 0 Å². The topological polar surface area (TPSA) is 26.7 Å². The molecule has 18 heavy (non-hydrogen) atoms. The molecule has 1 aliphatic heterocycles. The van der Waals surface area contributed by atoms with Gasteiger partial charge in [0, 0.05) is 19.6 Å². The van der Waals surface area contributed by atoms with Crippen molar-refractivity contribution >= 4 is 0 Å². The van der Waals surface area contributed by atoms with Gasteiger partial charge in [-0.05, 0) is 51.7 Å². The zero-order valence-electron chi connectivity index (χ0n) is 12.0. The fourth-order valence-electron chi connectivity index (χ4n) is 3.40. The molecule has 1 N–H and O–H groups in total. The lowest BCUT2D eigenvalue weighted by Gasteiger charge is -2.30. The Labute approximate surface area is 112 Å². The summed E-state index contributed by atoms with van der Waals surface area (Å²) in [5.41, 5.74) is 0. The highest BCUT2D eigenvalue weighted by Crippen LogP contribution is 2.26. The van der Waals surface area contributed by atoms with E-state index in [2.05, 4.69) is 16.8 Å². The molecule has 1 aliphatic carbocycles. The van der Waals surface area contributed by atoms with Crippen LogP contribution >= 0.6 is 0 Å². The molecule has 1 saturated heterocycles. The molecular weight excluding hydrogens is 224 g/mol. The summed E-state index contributed by atoms with van der Waals surface area (Å²) in [5.74, 6) is 0.563. The Balaban J connectivity index is 1.61. The number of rotatable bonds is 6. The van der Waals surface area contributed by atoms with Crippen LogP contribution in [0.1, 0.15) is 44.9 Å². The lowest BCUT2D eigenvalue weighted by Crippen LogP contribution is -2.39. The van der Waals surface area contributed by atoms with E-state index in [1.54, 1.807) is 0 Å². The van der Waals surface area contributed by atoms with Crippen LogP contribution in [0.15, 0.2) is 0 Å². The number of aliphatic hydroxyl groups excluding tert-OH is 1. The van der Waals surface area contributed by atoms with E-state index in [-0.39, 0.29) is 6.10 Å². The summed E-state index contributed by atoms with van der Waals surface area (Å²) in [7, 11) is 2.15. The molecule has 1 heterocycles. The Hall–Kier alpha value is -0.120. The smallest absolute Gasteiger partial charge is 0.0695 e. The van der Waals surface area contributed by atoms with Gasteiger partial charge < -0.3 is 14.9 Å². The minimum Gasteiger partial charge on any atom is -0.392 e. The van der Waals surface area contributed by atoms with Crippen molar-refractivity contribution in [2.45, 2.75) is 51.0 Å². The number of likely N-dealkylation sites (tertiary alicyclic amines) is 1. The lowest BCUT2D eigenvalue weighted by molar-refractivity contribution is 0.0530. The number of hydrogen-bond acceptors (Lipinski definition) is 3. The minimum absolute atomic E-state index is 0.103. The molecule has 0 radical (unpaired) electrons. The highest BCUT2D eigenvalue weighted by molar-refractivity contribution is 4.76. The normalized spacial score (nSPS) is 24.8. The second-order valence-corrected chi connectivity index (χ2v) is 6.28. The first-order valence-electron chi connectivity index (χ1n) is 7.84. The molecule has 0 amide bonds. The summed E-state index contributed by atoms with van der Waals surface area (Å²) >= 11 is 0. The summed E-state index contributed by atoms with van der Waals surface area (Å²) < 4.78 is 0. The maximum absolute atomic E-state index is 10.3. The van der Waals surface area contributed by atoms with Gasteiger partial charge in [0.05, 0.1) is 6.10 Å². The monoisotopic (exact) mass is 254 g/mol. The van der Waals surface area contributed by atoms with E-state index in [0.717, 1.165) is 13.1 Å². The maximum Gasteiger partial charge on any atom is 0.0695 e. The van der Waals surface area contributed by atoms with E-state index >= 15 is 0 Å². The molecule has 1 unspecified atom stereocenters. The van der Waals surface area contributed by atoms with Crippen molar-refractivity contribution in [3.05, 3.63) is 0 Å². The number of nitrogens with zero attached hydrogens (tertiary/aromatic N) is 2. The molecule has 2 aliphatic rings. The van der Waals surface area contributed by atoms with E-state index in [1.165, 1.54) is 64.6 Å². The van der Waals surface area contributed by atoms with Crippen LogP contribution in [0.5, 0.6) is 0 Å². The first-order valence-corrected chi connectivity index (χ1v) is 7.84. The van der Waals surface area contributed by atoms with E-state index in [0.29, 0.717) is 5.92 Å². The minimum atomic E-state index is -0.103. The molecule has 1 saturated carbocycles. The molecule has 106 valence electrons. The van der Waals surface area contributed by atoms with Crippen LogP contribution in [0.3, 0.4) is 0 Å². The van der Waals surface area contributed by atoms with Crippen molar-refractivity contribution in [2.75, 3.05) is 39.8 Å². The predicted molar refractivity (Wildman–Crippen MR) is 75.8 cm³/mol. The quantitative estimate of drug-likeness (QED) is 0.785. The average molecular weight is 254 g/mol. The van der Waals surface area contributed by atoms with Crippen LogP contribution in [0.25, 0.3) is 0 Å². The summed E-state index contributed by atoms with van der Waals surface area (Å²) in [6.07, 6.45) is 9.12. The van der Waals surface area contributed by atoms with Gasteiger partial charge in [0.1, 0.15) is 0 Å². The lowest BCUT2D eigenvalue weighted by atomic mass is 9.85. The van der Waals surface area contributed by atoms with Crippen molar-refractivity contribution in [3.8, 4) is 0 Å². The number of likely N-dealkylation sites (N-methyl/N-ethyl adjacent to an activating group) is 1. The second kappa shape index (κ2) is 7.46. The van der Waals surface area contributed by atoms with Crippen molar-refractivity contribution < 1.29 is 5.11 Å². The zero-order chi connectivity index (χ0) is 12.8. The van der Waals surface area contributed by atoms with Gasteiger partial charge in [-0.15, -0.1) is 0 Å². The van der Waals surface area contributed by atoms with Crippen molar-refractivity contribution in [1.82, 2.24) is 9.80 Å². The largest absolute Gasteiger partial charge is 0.392 e. The van der Waals surface area contributed by atoms with Crippen LogP contribution < -0.4 is 0 Å². The van der Waals surface area contributed by atoms with E-state index in [9.17, 15) is 5.11 Å². The second-order valence-electron chi connectivity index (χ2n) is 6.28. The van der Waals surface area contributed by atoms with E-state index in [4.69, 9.17) is 0 Å². The van der Waals surface area contributed by atoms with Crippen LogP contribution in [0, 0.1) is 5.92 Å². The van der Waals surface area contributed by atoms with Crippen LogP contribution in [-0.2, 0) is 0 Å². The van der Waals surface area contributed by atoms with Crippen molar-refractivity contribution in [1.29, 1.82) is 0 Å². The van der Waals surface area contributed by atoms with Gasteiger partial charge in [0.2, 0.25) is 0 Å². The third-order valence-corrected chi connectivity index (χ3v) is 4.69. The molecule has 0 spiro atoms. The summed E-state index contributed by atoms with van der Waals surface area (Å²) in [5, 5.41) is 10.3. The average Bonchev–Trinajstić information content (AvgIpc) is 2.90. The SMILES string of the molecule is CN(CCN1CCCC1)CC(O)C1CCCCC1. The highest BCUT2D eigenvalue weighted by Gasteiger charge is 2.22. The van der Waals surface area contributed by atoms with Gasteiger partial charge >= 0.3 is 0 Å². The Kier molecular flexibility index (Phi) is 5.93. The molecule has 0 aromatic carbocycles. The third kappa shape index (κ3) is 4.52. The maximum atomic E-state index is 10.3. The Morgan fingerprint density at radius 3 is 2.44 bits per heavy atom. The summed E-state index contributed by atoms with van der Waals surface area (Å²) in [4.78, 5) is 4.86. The van der Waals surface area contributed by atoms with Crippen LogP contribution in [-0.4, -0.2) is 60.8 Å². The molecular formula is C15H30N2O.